The molecule has 2 aromatic rings. The number of hydrogen-bond acceptors (Lipinski definition) is 7. The predicted molar refractivity (Wildman–Crippen MR) is 80.9 cm³/mol. The number of nitrogens with zero attached hydrogens (tertiary/aromatic N) is 4. The van der Waals surface area contributed by atoms with Crippen molar-refractivity contribution in [2.45, 2.75) is 12.5 Å². The van der Waals surface area contributed by atoms with E-state index in [0.29, 0.717) is 23.9 Å². The lowest BCUT2D eigenvalue weighted by molar-refractivity contribution is -0.380. The van der Waals surface area contributed by atoms with Gasteiger partial charge in [0.05, 0.1) is 4.92 Å². The Morgan fingerprint density at radius 2 is 2.32 bits per heavy atom. The second kappa shape index (κ2) is 6.06. The van der Waals surface area contributed by atoms with Gasteiger partial charge in [0.2, 0.25) is 0 Å². The molecule has 0 saturated carbocycles. The minimum atomic E-state index is -0.464. The number of likely N-dealkylation sites (tertiary alicyclic amines) is 1. The molecule has 9 heteroatoms. The molecule has 1 unspecified atom stereocenters. The van der Waals surface area contributed by atoms with Crippen LogP contribution < -0.4 is 5.32 Å². The Balaban J connectivity index is 1.60. The van der Waals surface area contributed by atoms with E-state index in [1.165, 1.54) is 6.20 Å². The number of hydrogen-bond donors (Lipinski definition) is 1. The number of nitrogens with one attached hydrogen (secondary N) is 1. The minimum Gasteiger partial charge on any atom is -0.357 e. The molecule has 1 aliphatic heterocycles. The van der Waals surface area contributed by atoms with Gasteiger partial charge in [0.1, 0.15) is 11.9 Å². The van der Waals surface area contributed by atoms with E-state index in [1.807, 2.05) is 0 Å². The maximum atomic E-state index is 12.3. The molecular weight excluding hydrogens is 306 g/mol. The average Bonchev–Trinajstić information content (AvgIpc) is 3.17. The van der Waals surface area contributed by atoms with Gasteiger partial charge >= 0.3 is 5.00 Å². The van der Waals surface area contributed by atoms with Crippen LogP contribution in [0.3, 0.4) is 0 Å². The molecule has 22 heavy (non-hydrogen) atoms. The number of aromatic nitrogens is 2. The normalized spacial score (nSPS) is 17.5. The number of carbonyl (C=O) groups is 1. The van der Waals surface area contributed by atoms with E-state index >= 15 is 0 Å². The van der Waals surface area contributed by atoms with Crippen molar-refractivity contribution in [2.75, 3.05) is 18.4 Å². The summed E-state index contributed by atoms with van der Waals surface area (Å²) in [6.45, 7) is 1.16. The third-order valence-corrected chi connectivity index (χ3v) is 4.24. The van der Waals surface area contributed by atoms with Gasteiger partial charge in [-0.3, -0.25) is 19.9 Å². The Labute approximate surface area is 130 Å². The summed E-state index contributed by atoms with van der Waals surface area (Å²) < 4.78 is 0. The summed E-state index contributed by atoms with van der Waals surface area (Å²) in [4.78, 5) is 32.2. The molecule has 0 aromatic carbocycles. The number of thiazole rings is 1. The Morgan fingerprint density at radius 1 is 1.45 bits per heavy atom. The zero-order valence-electron chi connectivity index (χ0n) is 11.5. The molecule has 1 fully saturated rings. The number of nitro groups is 1. The summed E-state index contributed by atoms with van der Waals surface area (Å²) in [5.41, 5.74) is 0.424. The quantitative estimate of drug-likeness (QED) is 0.681. The lowest BCUT2D eigenvalue weighted by Crippen LogP contribution is -2.32. The largest absolute Gasteiger partial charge is 0.357 e. The Morgan fingerprint density at radius 3 is 3.00 bits per heavy atom. The van der Waals surface area contributed by atoms with Crippen LogP contribution in [0.2, 0.25) is 0 Å². The third kappa shape index (κ3) is 3.03. The molecule has 3 rings (SSSR count). The van der Waals surface area contributed by atoms with Crippen LogP contribution in [0.5, 0.6) is 0 Å². The first-order valence-corrected chi connectivity index (χ1v) is 7.52. The van der Waals surface area contributed by atoms with E-state index in [0.717, 1.165) is 17.8 Å². The summed E-state index contributed by atoms with van der Waals surface area (Å²) in [5, 5.41) is 14.3. The van der Waals surface area contributed by atoms with E-state index in [1.54, 1.807) is 29.3 Å². The Bertz CT molecular complexity index is 690. The third-order valence-electron chi connectivity index (χ3n) is 3.36. The summed E-state index contributed by atoms with van der Waals surface area (Å²) in [7, 11) is 0. The van der Waals surface area contributed by atoms with Gasteiger partial charge in [0, 0.05) is 25.3 Å². The Hall–Kier alpha value is -2.55. The van der Waals surface area contributed by atoms with E-state index in [-0.39, 0.29) is 17.0 Å². The fourth-order valence-corrected chi connectivity index (χ4v) is 3.01. The summed E-state index contributed by atoms with van der Waals surface area (Å²) >= 11 is 0.997. The standard InChI is InChI=1S/C13H13N5O3S/c19-12(10-3-1-2-5-14-10)17-6-4-9(8-17)16-13-15-7-11(22-13)18(20)21/h1-3,5,7,9H,4,6,8H2,(H,15,16). The van der Waals surface area contributed by atoms with Crippen molar-refractivity contribution in [3.05, 3.63) is 46.4 Å². The van der Waals surface area contributed by atoms with Crippen molar-refractivity contribution in [2.24, 2.45) is 0 Å². The van der Waals surface area contributed by atoms with Crippen LogP contribution in [0, 0.1) is 10.1 Å². The molecule has 2 aromatic heterocycles. The second-order valence-electron chi connectivity index (χ2n) is 4.86. The molecule has 1 saturated heterocycles. The Kier molecular flexibility index (Phi) is 3.96. The van der Waals surface area contributed by atoms with Gasteiger partial charge in [-0.25, -0.2) is 4.98 Å². The van der Waals surface area contributed by atoms with Crippen molar-refractivity contribution in [3.8, 4) is 0 Å². The zero-order chi connectivity index (χ0) is 15.5. The van der Waals surface area contributed by atoms with Gasteiger partial charge in [0.15, 0.2) is 5.13 Å². The molecule has 8 nitrogen and oxygen atoms in total. The van der Waals surface area contributed by atoms with Crippen LogP contribution in [0.4, 0.5) is 10.1 Å². The molecule has 0 aliphatic carbocycles. The maximum Gasteiger partial charge on any atom is 0.345 e. The van der Waals surface area contributed by atoms with E-state index in [4.69, 9.17) is 0 Å². The summed E-state index contributed by atoms with van der Waals surface area (Å²) in [6.07, 6.45) is 3.60. The number of amides is 1. The molecule has 1 atom stereocenters. The lowest BCUT2D eigenvalue weighted by Gasteiger charge is -2.16. The minimum absolute atomic E-state index is 0.00177. The van der Waals surface area contributed by atoms with Crippen LogP contribution in [0.25, 0.3) is 0 Å². The van der Waals surface area contributed by atoms with Crippen molar-refractivity contribution in [1.29, 1.82) is 0 Å². The molecule has 114 valence electrons. The van der Waals surface area contributed by atoms with Gasteiger partial charge < -0.3 is 10.2 Å². The van der Waals surface area contributed by atoms with Gasteiger partial charge in [-0.15, -0.1) is 0 Å². The van der Waals surface area contributed by atoms with Crippen LogP contribution in [0.1, 0.15) is 16.9 Å². The average molecular weight is 319 g/mol. The van der Waals surface area contributed by atoms with Gasteiger partial charge in [-0.05, 0) is 29.9 Å². The molecule has 3 heterocycles. The number of anilines is 1. The molecule has 0 spiro atoms. The zero-order valence-corrected chi connectivity index (χ0v) is 12.3. The lowest BCUT2D eigenvalue weighted by atomic mass is 10.3. The molecule has 1 N–H and O–H groups in total. The highest BCUT2D eigenvalue weighted by Crippen LogP contribution is 2.27. The highest BCUT2D eigenvalue weighted by atomic mass is 32.1. The van der Waals surface area contributed by atoms with Crippen LogP contribution >= 0.6 is 11.3 Å². The van der Waals surface area contributed by atoms with Crippen LogP contribution in [-0.4, -0.2) is 44.8 Å². The second-order valence-corrected chi connectivity index (χ2v) is 5.87. The van der Waals surface area contributed by atoms with Gasteiger partial charge in [0.25, 0.3) is 5.91 Å². The number of rotatable bonds is 4. The maximum absolute atomic E-state index is 12.3. The topological polar surface area (TPSA) is 101 Å². The highest BCUT2D eigenvalue weighted by Gasteiger charge is 2.28. The van der Waals surface area contributed by atoms with Gasteiger partial charge in [-0.1, -0.05) is 6.07 Å². The van der Waals surface area contributed by atoms with E-state index in [9.17, 15) is 14.9 Å². The number of pyridine rings is 1. The molecule has 1 aliphatic rings. The first-order chi connectivity index (χ1) is 10.6. The van der Waals surface area contributed by atoms with Crippen molar-refractivity contribution in [3.63, 3.8) is 0 Å². The first-order valence-electron chi connectivity index (χ1n) is 6.70. The van der Waals surface area contributed by atoms with E-state index < -0.39 is 4.92 Å². The molecule has 1 amide bonds. The fraction of sp³-hybridized carbons (Fsp3) is 0.308. The number of carbonyl (C=O) groups excluding carboxylic acids is 1. The van der Waals surface area contributed by atoms with Crippen molar-refractivity contribution >= 4 is 27.4 Å². The highest BCUT2D eigenvalue weighted by molar-refractivity contribution is 7.18. The molecule has 0 radical (unpaired) electrons. The van der Waals surface area contributed by atoms with Crippen LogP contribution in [0.15, 0.2) is 30.6 Å². The SMILES string of the molecule is O=C(c1ccccn1)N1CCC(Nc2ncc([N+](=O)[O-])s2)C1. The predicted octanol–water partition coefficient (Wildman–Crippen LogP) is 1.77. The molecule has 0 bridgehead atoms. The van der Waals surface area contributed by atoms with Gasteiger partial charge in [-0.2, -0.15) is 0 Å². The smallest absolute Gasteiger partial charge is 0.345 e. The van der Waals surface area contributed by atoms with E-state index in [2.05, 4.69) is 15.3 Å². The first kappa shape index (κ1) is 14.4. The van der Waals surface area contributed by atoms with Crippen LogP contribution in [-0.2, 0) is 0 Å². The fourth-order valence-electron chi connectivity index (χ4n) is 2.31. The van der Waals surface area contributed by atoms with Crippen molar-refractivity contribution in [1.82, 2.24) is 14.9 Å². The monoisotopic (exact) mass is 319 g/mol. The molecular formula is C13H13N5O3S. The summed E-state index contributed by atoms with van der Waals surface area (Å²) in [6, 6.07) is 5.27. The van der Waals surface area contributed by atoms with Crippen molar-refractivity contribution < 1.29 is 9.72 Å². The summed E-state index contributed by atoms with van der Waals surface area (Å²) in [5.74, 6) is -0.102.